The highest BCUT2D eigenvalue weighted by Crippen LogP contribution is 2.19. The maximum Gasteiger partial charge on any atom is 0.258 e. The largest absolute Gasteiger partial charge is 0.484 e. The molecule has 1 N–H and O–H groups in total. The lowest BCUT2D eigenvalue weighted by molar-refractivity contribution is -0.130. The van der Waals surface area contributed by atoms with Crippen molar-refractivity contribution in [2.24, 2.45) is 0 Å². The van der Waals surface area contributed by atoms with Gasteiger partial charge >= 0.3 is 0 Å². The van der Waals surface area contributed by atoms with E-state index in [1.54, 1.807) is 4.90 Å². The predicted molar refractivity (Wildman–Crippen MR) is 103 cm³/mol. The van der Waals surface area contributed by atoms with Crippen LogP contribution < -0.4 is 15.0 Å². The summed E-state index contributed by atoms with van der Waals surface area (Å²) in [7, 11) is 0. The first-order valence-electron chi connectivity index (χ1n) is 8.96. The van der Waals surface area contributed by atoms with Gasteiger partial charge in [-0.15, -0.1) is 0 Å². The zero-order valence-corrected chi connectivity index (χ0v) is 15.6. The molecule has 1 aliphatic rings. The van der Waals surface area contributed by atoms with Gasteiger partial charge in [0.15, 0.2) is 6.61 Å². The van der Waals surface area contributed by atoms with Crippen LogP contribution in [0.2, 0.25) is 0 Å². The number of hydrogen-bond donors (Lipinski definition) is 1. The maximum absolute atomic E-state index is 12.2. The number of nitrogens with zero attached hydrogens (tertiary/aromatic N) is 1. The summed E-state index contributed by atoms with van der Waals surface area (Å²) in [6.07, 6.45) is -0.258. The number of anilines is 1. The highest BCUT2D eigenvalue weighted by molar-refractivity contribution is 5.95. The molecule has 2 aromatic carbocycles. The molecule has 2 aromatic rings. The van der Waals surface area contributed by atoms with Crippen molar-refractivity contribution in [1.29, 1.82) is 0 Å². The third-order valence-corrected chi connectivity index (χ3v) is 4.36. The van der Waals surface area contributed by atoms with Crippen molar-refractivity contribution >= 4 is 17.5 Å². The topological polar surface area (TPSA) is 67.9 Å². The number of amides is 2. The second kappa shape index (κ2) is 8.68. The predicted octanol–water partition coefficient (Wildman–Crippen LogP) is 2.23. The number of carbonyl (C=O) groups is 2. The molecule has 0 saturated carbocycles. The molecular formula is C21H24N2O4. The van der Waals surface area contributed by atoms with Gasteiger partial charge in [0.05, 0.1) is 12.6 Å². The normalized spacial score (nSPS) is 16.9. The summed E-state index contributed by atoms with van der Waals surface area (Å²) in [6.45, 7) is 4.66. The molecule has 1 fully saturated rings. The molecule has 0 radical (unpaired) electrons. The number of ether oxygens (including phenoxy) is 2. The third kappa shape index (κ3) is 5.31. The Labute approximate surface area is 159 Å². The maximum atomic E-state index is 12.2. The lowest BCUT2D eigenvalue weighted by Gasteiger charge is -2.33. The SMILES string of the molecule is Cc1ccc(OCC(=O)NCC2CN(c3cccc(C)c3)C(=O)CO2)cc1. The molecule has 6 heteroatoms. The minimum absolute atomic E-state index is 0.00828. The van der Waals surface area contributed by atoms with E-state index in [2.05, 4.69) is 5.32 Å². The average Bonchev–Trinajstić information content (AvgIpc) is 2.67. The van der Waals surface area contributed by atoms with Crippen LogP contribution in [-0.4, -0.2) is 44.2 Å². The van der Waals surface area contributed by atoms with E-state index in [-0.39, 0.29) is 31.1 Å². The molecule has 0 spiro atoms. The van der Waals surface area contributed by atoms with E-state index in [1.165, 1.54) is 0 Å². The van der Waals surface area contributed by atoms with Crippen LogP contribution in [0, 0.1) is 13.8 Å². The average molecular weight is 368 g/mol. The fourth-order valence-electron chi connectivity index (χ4n) is 2.86. The number of aryl methyl sites for hydroxylation is 2. The van der Waals surface area contributed by atoms with Gasteiger partial charge in [0.2, 0.25) is 0 Å². The third-order valence-electron chi connectivity index (χ3n) is 4.36. The molecular weight excluding hydrogens is 344 g/mol. The summed E-state index contributed by atoms with van der Waals surface area (Å²) >= 11 is 0. The molecule has 1 aliphatic heterocycles. The van der Waals surface area contributed by atoms with Gasteiger partial charge in [0.1, 0.15) is 12.4 Å². The Morgan fingerprint density at radius 1 is 1.19 bits per heavy atom. The molecule has 1 saturated heterocycles. The number of morpholine rings is 1. The summed E-state index contributed by atoms with van der Waals surface area (Å²) in [5.74, 6) is 0.352. The molecule has 1 unspecified atom stereocenters. The summed E-state index contributed by atoms with van der Waals surface area (Å²) in [6, 6.07) is 15.3. The van der Waals surface area contributed by atoms with Crippen LogP contribution in [0.3, 0.4) is 0 Å². The Morgan fingerprint density at radius 3 is 2.70 bits per heavy atom. The molecule has 2 amide bonds. The summed E-state index contributed by atoms with van der Waals surface area (Å²) in [5, 5.41) is 2.81. The molecule has 3 rings (SSSR count). The standard InChI is InChI=1S/C21H24N2O4/c1-15-6-8-18(9-7-15)26-13-20(24)22-11-19-12-23(21(25)14-27-19)17-5-3-4-16(2)10-17/h3-10,19H,11-14H2,1-2H3,(H,22,24). The second-order valence-corrected chi connectivity index (χ2v) is 6.68. The first-order chi connectivity index (χ1) is 13.0. The zero-order valence-electron chi connectivity index (χ0n) is 15.6. The van der Waals surface area contributed by atoms with Crippen molar-refractivity contribution in [3.63, 3.8) is 0 Å². The van der Waals surface area contributed by atoms with Crippen molar-refractivity contribution in [2.75, 3.05) is 31.2 Å². The smallest absolute Gasteiger partial charge is 0.258 e. The van der Waals surface area contributed by atoms with Gasteiger partial charge in [-0.1, -0.05) is 29.8 Å². The van der Waals surface area contributed by atoms with Gasteiger partial charge in [0, 0.05) is 12.2 Å². The van der Waals surface area contributed by atoms with E-state index < -0.39 is 0 Å². The van der Waals surface area contributed by atoms with Crippen molar-refractivity contribution in [3.8, 4) is 5.75 Å². The fraction of sp³-hybridized carbons (Fsp3) is 0.333. The number of nitrogens with one attached hydrogen (secondary N) is 1. The lowest BCUT2D eigenvalue weighted by atomic mass is 10.1. The van der Waals surface area contributed by atoms with Crippen LogP contribution >= 0.6 is 0 Å². The zero-order chi connectivity index (χ0) is 19.2. The van der Waals surface area contributed by atoms with Crippen LogP contribution in [0.5, 0.6) is 5.75 Å². The van der Waals surface area contributed by atoms with E-state index in [4.69, 9.17) is 9.47 Å². The minimum atomic E-state index is -0.258. The Kier molecular flexibility index (Phi) is 6.08. The van der Waals surface area contributed by atoms with Crippen molar-refractivity contribution < 1.29 is 19.1 Å². The van der Waals surface area contributed by atoms with E-state index in [0.717, 1.165) is 16.8 Å². The highest BCUT2D eigenvalue weighted by Gasteiger charge is 2.27. The monoisotopic (exact) mass is 368 g/mol. The van der Waals surface area contributed by atoms with E-state index in [1.807, 2.05) is 62.4 Å². The Bertz CT molecular complexity index is 804. The van der Waals surface area contributed by atoms with Gasteiger partial charge in [-0.2, -0.15) is 0 Å². The Balaban J connectivity index is 1.48. The summed E-state index contributed by atoms with van der Waals surface area (Å²) < 4.78 is 11.0. The Hall–Kier alpha value is -2.86. The van der Waals surface area contributed by atoms with Crippen molar-refractivity contribution in [2.45, 2.75) is 20.0 Å². The molecule has 142 valence electrons. The molecule has 0 bridgehead atoms. The summed E-state index contributed by atoms with van der Waals surface area (Å²) in [5.41, 5.74) is 3.07. The quantitative estimate of drug-likeness (QED) is 0.849. The molecule has 0 aromatic heterocycles. The van der Waals surface area contributed by atoms with Crippen LogP contribution in [-0.2, 0) is 14.3 Å². The van der Waals surface area contributed by atoms with E-state index in [9.17, 15) is 9.59 Å². The van der Waals surface area contributed by atoms with Gasteiger partial charge in [-0.3, -0.25) is 9.59 Å². The number of carbonyl (C=O) groups excluding carboxylic acids is 2. The molecule has 27 heavy (non-hydrogen) atoms. The van der Waals surface area contributed by atoms with Gasteiger partial charge in [0.25, 0.3) is 11.8 Å². The first-order valence-corrected chi connectivity index (χ1v) is 8.96. The van der Waals surface area contributed by atoms with Gasteiger partial charge in [-0.25, -0.2) is 0 Å². The number of rotatable bonds is 6. The number of hydrogen-bond acceptors (Lipinski definition) is 4. The summed E-state index contributed by atoms with van der Waals surface area (Å²) in [4.78, 5) is 25.9. The van der Waals surface area contributed by atoms with E-state index in [0.29, 0.717) is 18.8 Å². The molecule has 1 atom stereocenters. The molecule has 0 aliphatic carbocycles. The van der Waals surface area contributed by atoms with Crippen molar-refractivity contribution in [3.05, 3.63) is 59.7 Å². The Morgan fingerprint density at radius 2 is 1.96 bits per heavy atom. The van der Waals surface area contributed by atoms with E-state index >= 15 is 0 Å². The second-order valence-electron chi connectivity index (χ2n) is 6.68. The lowest BCUT2D eigenvalue weighted by Crippen LogP contribution is -2.51. The first kappa shape index (κ1) is 18.9. The fourth-order valence-corrected chi connectivity index (χ4v) is 2.86. The van der Waals surface area contributed by atoms with Crippen LogP contribution in [0.15, 0.2) is 48.5 Å². The molecule has 6 nitrogen and oxygen atoms in total. The van der Waals surface area contributed by atoms with Crippen LogP contribution in [0.1, 0.15) is 11.1 Å². The number of benzene rings is 2. The minimum Gasteiger partial charge on any atom is -0.484 e. The van der Waals surface area contributed by atoms with Crippen LogP contribution in [0.4, 0.5) is 5.69 Å². The molecule has 1 heterocycles. The van der Waals surface area contributed by atoms with Crippen LogP contribution in [0.25, 0.3) is 0 Å². The van der Waals surface area contributed by atoms with Crippen molar-refractivity contribution in [1.82, 2.24) is 5.32 Å². The van der Waals surface area contributed by atoms with Gasteiger partial charge in [-0.05, 0) is 43.7 Å². The van der Waals surface area contributed by atoms with Gasteiger partial charge < -0.3 is 19.7 Å². The highest BCUT2D eigenvalue weighted by atomic mass is 16.5.